The van der Waals surface area contributed by atoms with E-state index in [9.17, 15) is 14.0 Å². The van der Waals surface area contributed by atoms with Crippen molar-refractivity contribution in [3.63, 3.8) is 0 Å². The molecular weight excluding hydrogens is 447 g/mol. The van der Waals surface area contributed by atoms with Crippen LogP contribution in [0.4, 0.5) is 4.39 Å². The summed E-state index contributed by atoms with van der Waals surface area (Å²) in [6, 6.07) is 22.1. The molecule has 166 valence electrons. The van der Waals surface area contributed by atoms with E-state index in [0.29, 0.717) is 11.4 Å². The van der Waals surface area contributed by atoms with Gasteiger partial charge in [0.2, 0.25) is 11.8 Å². The highest BCUT2D eigenvalue weighted by atomic mass is 35.5. The summed E-state index contributed by atoms with van der Waals surface area (Å²) in [5.41, 5.74) is 1.70. The van der Waals surface area contributed by atoms with Crippen molar-refractivity contribution in [1.82, 2.24) is 10.2 Å². The predicted octanol–water partition coefficient (Wildman–Crippen LogP) is 4.96. The van der Waals surface area contributed by atoms with E-state index in [1.165, 1.54) is 23.9 Å². The maximum atomic E-state index is 13.4. The van der Waals surface area contributed by atoms with Gasteiger partial charge in [0.1, 0.15) is 11.9 Å². The molecule has 2 amide bonds. The Kier molecular flexibility index (Phi) is 8.71. The van der Waals surface area contributed by atoms with Gasteiger partial charge >= 0.3 is 0 Å². The first-order valence-corrected chi connectivity index (χ1v) is 11.5. The van der Waals surface area contributed by atoms with Crippen molar-refractivity contribution in [3.05, 3.63) is 101 Å². The summed E-state index contributed by atoms with van der Waals surface area (Å²) in [4.78, 5) is 28.6. The van der Waals surface area contributed by atoms with Crippen molar-refractivity contribution in [2.75, 3.05) is 12.8 Å². The molecule has 0 saturated heterocycles. The van der Waals surface area contributed by atoms with E-state index in [-0.39, 0.29) is 29.9 Å². The summed E-state index contributed by atoms with van der Waals surface area (Å²) >= 11 is 7.32. The fourth-order valence-electron chi connectivity index (χ4n) is 3.27. The largest absolute Gasteiger partial charge is 0.357 e. The van der Waals surface area contributed by atoms with Gasteiger partial charge in [0.05, 0.1) is 5.75 Å². The second kappa shape index (κ2) is 11.7. The Morgan fingerprint density at radius 2 is 1.62 bits per heavy atom. The molecule has 3 aromatic rings. The summed E-state index contributed by atoms with van der Waals surface area (Å²) in [5.74, 6) is -0.623. The summed E-state index contributed by atoms with van der Waals surface area (Å²) in [6.07, 6.45) is 0.374. The monoisotopic (exact) mass is 470 g/mol. The third-order valence-electron chi connectivity index (χ3n) is 4.96. The molecule has 0 unspecified atom stereocenters. The molecule has 4 nitrogen and oxygen atoms in total. The van der Waals surface area contributed by atoms with E-state index >= 15 is 0 Å². The molecule has 32 heavy (non-hydrogen) atoms. The lowest BCUT2D eigenvalue weighted by molar-refractivity contribution is -0.139. The number of carbonyl (C=O) groups excluding carboxylic acids is 2. The molecule has 0 radical (unpaired) electrons. The fourth-order valence-corrected chi connectivity index (χ4v) is 4.18. The zero-order valence-corrected chi connectivity index (χ0v) is 19.2. The molecule has 1 N–H and O–H groups in total. The molecule has 3 aromatic carbocycles. The third kappa shape index (κ3) is 6.84. The summed E-state index contributed by atoms with van der Waals surface area (Å²) in [6.45, 7) is 0.200. The number of nitrogens with zero attached hydrogens (tertiary/aromatic N) is 1. The van der Waals surface area contributed by atoms with Crippen LogP contribution < -0.4 is 5.32 Å². The minimum Gasteiger partial charge on any atom is -0.357 e. The highest BCUT2D eigenvalue weighted by Crippen LogP contribution is 2.22. The molecular formula is C25H24ClFN2O2S. The van der Waals surface area contributed by atoms with Crippen molar-refractivity contribution in [2.24, 2.45) is 0 Å². The van der Waals surface area contributed by atoms with Crippen LogP contribution >= 0.6 is 23.4 Å². The Morgan fingerprint density at radius 1 is 0.969 bits per heavy atom. The minimum absolute atomic E-state index is 0.158. The standard InChI is InChI=1S/C25H24ClFN2O2S/c1-28-25(31)23(15-18-5-3-2-4-6-18)29(16-19-7-11-21(27)12-8-19)24(30)17-32-22-13-9-20(26)10-14-22/h2-14,23H,15-17H2,1H3,(H,28,31)/t23-/m1/s1. The number of hydrogen-bond acceptors (Lipinski definition) is 3. The van der Waals surface area contributed by atoms with Gasteiger partial charge in [-0.3, -0.25) is 9.59 Å². The first-order valence-electron chi connectivity index (χ1n) is 10.1. The van der Waals surface area contributed by atoms with Crippen LogP contribution in [-0.4, -0.2) is 35.6 Å². The van der Waals surface area contributed by atoms with Gasteiger partial charge < -0.3 is 10.2 Å². The van der Waals surface area contributed by atoms with Gasteiger partial charge in [-0.1, -0.05) is 54.1 Å². The number of carbonyl (C=O) groups is 2. The number of hydrogen-bond donors (Lipinski definition) is 1. The molecule has 0 bridgehead atoms. The van der Waals surface area contributed by atoms with E-state index in [4.69, 9.17) is 11.6 Å². The van der Waals surface area contributed by atoms with Gasteiger partial charge in [0.15, 0.2) is 0 Å². The van der Waals surface area contributed by atoms with Crippen LogP contribution in [0.15, 0.2) is 83.8 Å². The molecule has 0 spiro atoms. The van der Waals surface area contributed by atoms with E-state index in [2.05, 4.69) is 5.32 Å². The zero-order valence-electron chi connectivity index (χ0n) is 17.6. The second-order valence-electron chi connectivity index (χ2n) is 7.21. The number of thioether (sulfide) groups is 1. The van der Waals surface area contributed by atoms with Crippen LogP contribution in [0.25, 0.3) is 0 Å². The lowest BCUT2D eigenvalue weighted by Gasteiger charge is -2.31. The molecule has 0 aliphatic heterocycles. The Hall–Kier alpha value is -2.83. The summed E-state index contributed by atoms with van der Waals surface area (Å²) in [7, 11) is 1.56. The number of nitrogens with one attached hydrogen (secondary N) is 1. The van der Waals surface area contributed by atoms with Crippen molar-refractivity contribution >= 4 is 35.2 Å². The highest BCUT2D eigenvalue weighted by molar-refractivity contribution is 8.00. The van der Waals surface area contributed by atoms with Gasteiger partial charge in [-0.2, -0.15) is 0 Å². The van der Waals surface area contributed by atoms with Crippen molar-refractivity contribution in [3.8, 4) is 0 Å². The average molecular weight is 471 g/mol. The number of likely N-dealkylation sites (N-methyl/N-ethyl adjacent to an activating group) is 1. The highest BCUT2D eigenvalue weighted by Gasteiger charge is 2.29. The van der Waals surface area contributed by atoms with Crippen LogP contribution in [-0.2, 0) is 22.6 Å². The van der Waals surface area contributed by atoms with E-state index < -0.39 is 6.04 Å². The quantitative estimate of drug-likeness (QED) is 0.450. The molecule has 0 fully saturated rings. The van der Waals surface area contributed by atoms with Gasteiger partial charge in [0, 0.05) is 29.9 Å². The molecule has 0 aromatic heterocycles. The summed E-state index contributed by atoms with van der Waals surface area (Å²) < 4.78 is 13.4. The normalized spacial score (nSPS) is 11.6. The maximum Gasteiger partial charge on any atom is 0.242 e. The lowest BCUT2D eigenvalue weighted by atomic mass is 10.0. The van der Waals surface area contributed by atoms with Gasteiger partial charge in [-0.05, 0) is 47.5 Å². The van der Waals surface area contributed by atoms with Gasteiger partial charge in [0.25, 0.3) is 0 Å². The SMILES string of the molecule is CNC(=O)[C@@H](Cc1ccccc1)N(Cc1ccc(F)cc1)C(=O)CSc1ccc(Cl)cc1. The van der Waals surface area contributed by atoms with Crippen LogP contribution in [0.1, 0.15) is 11.1 Å². The van der Waals surface area contributed by atoms with Crippen molar-refractivity contribution in [1.29, 1.82) is 0 Å². The van der Waals surface area contributed by atoms with Crippen molar-refractivity contribution < 1.29 is 14.0 Å². The van der Waals surface area contributed by atoms with Crippen LogP contribution in [0.2, 0.25) is 5.02 Å². The van der Waals surface area contributed by atoms with Crippen LogP contribution in [0.3, 0.4) is 0 Å². The Morgan fingerprint density at radius 3 is 2.25 bits per heavy atom. The molecule has 3 rings (SSSR count). The number of benzene rings is 3. The molecule has 1 atom stereocenters. The number of rotatable bonds is 9. The fraction of sp³-hybridized carbons (Fsp3) is 0.200. The smallest absolute Gasteiger partial charge is 0.242 e. The van der Waals surface area contributed by atoms with Crippen LogP contribution in [0.5, 0.6) is 0 Å². The topological polar surface area (TPSA) is 49.4 Å². The Labute approximate surface area is 196 Å². The molecule has 0 aliphatic carbocycles. The van der Waals surface area contributed by atoms with Gasteiger partial charge in [-0.15, -0.1) is 11.8 Å². The summed E-state index contributed by atoms with van der Waals surface area (Å²) in [5, 5.41) is 3.31. The first-order chi connectivity index (χ1) is 15.5. The molecule has 0 saturated carbocycles. The first kappa shape index (κ1) is 23.8. The Balaban J connectivity index is 1.85. The predicted molar refractivity (Wildman–Crippen MR) is 127 cm³/mol. The Bertz CT molecular complexity index is 1030. The van der Waals surface area contributed by atoms with E-state index in [1.807, 2.05) is 42.5 Å². The molecule has 7 heteroatoms. The van der Waals surface area contributed by atoms with Crippen molar-refractivity contribution in [2.45, 2.75) is 23.9 Å². The molecule has 0 aliphatic rings. The lowest BCUT2D eigenvalue weighted by Crippen LogP contribution is -2.50. The zero-order chi connectivity index (χ0) is 22.9. The molecule has 0 heterocycles. The number of amides is 2. The van der Waals surface area contributed by atoms with Crippen LogP contribution in [0, 0.1) is 5.82 Å². The maximum absolute atomic E-state index is 13.4. The van der Waals surface area contributed by atoms with E-state index in [0.717, 1.165) is 16.0 Å². The van der Waals surface area contributed by atoms with E-state index in [1.54, 1.807) is 36.2 Å². The number of halogens is 2. The second-order valence-corrected chi connectivity index (χ2v) is 8.70. The van der Waals surface area contributed by atoms with Gasteiger partial charge in [-0.25, -0.2) is 4.39 Å². The third-order valence-corrected chi connectivity index (χ3v) is 6.21. The minimum atomic E-state index is -0.703. The average Bonchev–Trinajstić information content (AvgIpc) is 2.82.